The van der Waals surface area contributed by atoms with Crippen LogP contribution in [0.2, 0.25) is 0 Å². The Labute approximate surface area is 199 Å². The molecule has 0 radical (unpaired) electrons. The first-order chi connectivity index (χ1) is 16.4. The minimum atomic E-state index is -0.613. The molecule has 1 saturated heterocycles. The third-order valence-electron chi connectivity index (χ3n) is 6.19. The van der Waals surface area contributed by atoms with Gasteiger partial charge in [0.1, 0.15) is 11.3 Å². The maximum absolute atomic E-state index is 13.3. The van der Waals surface area contributed by atoms with Crippen molar-refractivity contribution in [1.29, 1.82) is 0 Å². The average Bonchev–Trinajstić information content (AvgIpc) is 2.86. The van der Waals surface area contributed by atoms with E-state index in [4.69, 9.17) is 18.9 Å². The number of piperidine rings is 1. The Hall–Kier alpha value is -3.49. The number of likely N-dealkylation sites (tertiary alicyclic amines) is 1. The molecule has 3 rings (SSSR count). The van der Waals surface area contributed by atoms with Crippen molar-refractivity contribution in [3.05, 3.63) is 51.6 Å². The molecule has 1 fully saturated rings. The van der Waals surface area contributed by atoms with E-state index in [0.29, 0.717) is 25.6 Å². The van der Waals surface area contributed by atoms with Crippen LogP contribution >= 0.6 is 0 Å². The van der Waals surface area contributed by atoms with Crippen molar-refractivity contribution in [2.24, 2.45) is 5.92 Å². The van der Waals surface area contributed by atoms with Crippen LogP contribution in [0.3, 0.4) is 0 Å². The molecule has 0 aliphatic carbocycles. The molecule has 1 amide bonds. The van der Waals surface area contributed by atoms with Crippen molar-refractivity contribution in [3.63, 3.8) is 0 Å². The number of ether oxygens (including phenoxy) is 4. The standard InChI is InChI=1S/C25H32N2O7/c1-5-34-19-10-8-17(9-11-19)6-7-18-12-14-26(15-13-18)25(28)20-16-21(31-2)23(32-3)24(33-4)22(20)27(29)30/h8-11,16,18H,5-7,12-15H2,1-4H3. The summed E-state index contributed by atoms with van der Waals surface area (Å²) in [7, 11) is 4.07. The lowest BCUT2D eigenvalue weighted by Crippen LogP contribution is -2.38. The van der Waals surface area contributed by atoms with Gasteiger partial charge in [0.25, 0.3) is 5.91 Å². The molecule has 184 valence electrons. The maximum Gasteiger partial charge on any atom is 0.327 e. The molecule has 0 bridgehead atoms. The van der Waals surface area contributed by atoms with E-state index in [2.05, 4.69) is 12.1 Å². The first-order valence-electron chi connectivity index (χ1n) is 11.4. The van der Waals surface area contributed by atoms with Gasteiger partial charge in [-0.25, -0.2) is 0 Å². The van der Waals surface area contributed by atoms with Crippen LogP contribution in [0, 0.1) is 16.0 Å². The fourth-order valence-corrected chi connectivity index (χ4v) is 4.37. The normalized spacial score (nSPS) is 13.9. The average molecular weight is 473 g/mol. The number of carbonyl (C=O) groups excluding carboxylic acids is 1. The largest absolute Gasteiger partial charge is 0.494 e. The summed E-state index contributed by atoms with van der Waals surface area (Å²) in [5.41, 5.74) is 0.783. The number of benzene rings is 2. The van der Waals surface area contributed by atoms with Gasteiger partial charge in [-0.1, -0.05) is 12.1 Å². The SMILES string of the molecule is CCOc1ccc(CCC2CCN(C(=O)c3cc(OC)c(OC)c(OC)c3[N+](=O)[O-])CC2)cc1. The molecule has 0 unspecified atom stereocenters. The Balaban J connectivity index is 1.67. The van der Waals surface area contributed by atoms with Gasteiger partial charge in [0.15, 0.2) is 5.75 Å². The van der Waals surface area contributed by atoms with Crippen molar-refractivity contribution in [1.82, 2.24) is 4.90 Å². The second-order valence-electron chi connectivity index (χ2n) is 8.15. The third kappa shape index (κ3) is 5.52. The van der Waals surface area contributed by atoms with Crippen molar-refractivity contribution in [2.45, 2.75) is 32.6 Å². The minimum absolute atomic E-state index is 0.0627. The van der Waals surface area contributed by atoms with Gasteiger partial charge >= 0.3 is 5.69 Å². The van der Waals surface area contributed by atoms with Gasteiger partial charge < -0.3 is 23.8 Å². The highest BCUT2D eigenvalue weighted by molar-refractivity contribution is 6.00. The van der Waals surface area contributed by atoms with Crippen molar-refractivity contribution < 1.29 is 28.7 Å². The molecule has 0 spiro atoms. The number of nitrogens with zero attached hydrogens (tertiary/aromatic N) is 2. The van der Waals surface area contributed by atoms with E-state index in [-0.39, 0.29) is 22.8 Å². The van der Waals surface area contributed by atoms with Gasteiger partial charge in [0, 0.05) is 19.2 Å². The number of aryl methyl sites for hydroxylation is 1. The highest BCUT2D eigenvalue weighted by Gasteiger charge is 2.35. The molecule has 0 saturated carbocycles. The lowest BCUT2D eigenvalue weighted by molar-refractivity contribution is -0.386. The lowest BCUT2D eigenvalue weighted by atomic mass is 9.90. The van der Waals surface area contributed by atoms with E-state index in [1.54, 1.807) is 4.90 Å². The highest BCUT2D eigenvalue weighted by Crippen LogP contribution is 2.46. The smallest absolute Gasteiger partial charge is 0.327 e. The summed E-state index contributed by atoms with van der Waals surface area (Å²) in [5.74, 6) is 1.13. The zero-order chi connectivity index (χ0) is 24.7. The Morgan fingerprint density at radius 2 is 1.71 bits per heavy atom. The van der Waals surface area contributed by atoms with Crippen LogP contribution in [0.4, 0.5) is 5.69 Å². The van der Waals surface area contributed by atoms with Gasteiger partial charge in [-0.2, -0.15) is 0 Å². The number of nitro benzene ring substituents is 1. The summed E-state index contributed by atoms with van der Waals surface area (Å²) in [4.78, 5) is 26.2. The first kappa shape index (κ1) is 25.1. The minimum Gasteiger partial charge on any atom is -0.494 e. The maximum atomic E-state index is 13.3. The highest BCUT2D eigenvalue weighted by atomic mass is 16.6. The second-order valence-corrected chi connectivity index (χ2v) is 8.15. The molecule has 1 aliphatic heterocycles. The molecule has 0 N–H and O–H groups in total. The number of nitro groups is 1. The van der Waals surface area contributed by atoms with E-state index >= 15 is 0 Å². The van der Waals surface area contributed by atoms with E-state index < -0.39 is 16.5 Å². The van der Waals surface area contributed by atoms with Crippen molar-refractivity contribution in [2.75, 3.05) is 41.0 Å². The zero-order valence-corrected chi connectivity index (χ0v) is 20.2. The molecular weight excluding hydrogens is 440 g/mol. The molecular formula is C25H32N2O7. The van der Waals surface area contributed by atoms with Gasteiger partial charge in [0.2, 0.25) is 11.5 Å². The predicted molar refractivity (Wildman–Crippen MR) is 127 cm³/mol. The number of rotatable bonds is 10. The quantitative estimate of drug-likeness (QED) is 0.371. The van der Waals surface area contributed by atoms with E-state index in [0.717, 1.165) is 31.4 Å². The van der Waals surface area contributed by atoms with E-state index in [1.807, 2.05) is 19.1 Å². The molecule has 0 aromatic heterocycles. The van der Waals surface area contributed by atoms with Crippen LogP contribution in [-0.4, -0.2) is 56.8 Å². The van der Waals surface area contributed by atoms with Crippen LogP contribution in [-0.2, 0) is 6.42 Å². The molecule has 2 aromatic carbocycles. The van der Waals surface area contributed by atoms with Gasteiger partial charge in [0.05, 0.1) is 32.9 Å². The van der Waals surface area contributed by atoms with Crippen LogP contribution in [0.1, 0.15) is 42.1 Å². The number of carbonyl (C=O) groups is 1. The first-order valence-corrected chi connectivity index (χ1v) is 11.4. The number of hydrogen-bond acceptors (Lipinski definition) is 7. The van der Waals surface area contributed by atoms with E-state index in [1.165, 1.54) is 33.0 Å². The molecule has 9 heteroatoms. The van der Waals surface area contributed by atoms with Crippen molar-refractivity contribution in [3.8, 4) is 23.0 Å². The Morgan fingerprint density at radius 1 is 1.06 bits per heavy atom. The number of hydrogen-bond donors (Lipinski definition) is 0. The monoisotopic (exact) mass is 472 g/mol. The Morgan fingerprint density at radius 3 is 2.24 bits per heavy atom. The Kier molecular flexibility index (Phi) is 8.56. The summed E-state index contributed by atoms with van der Waals surface area (Å²) in [6, 6.07) is 9.52. The zero-order valence-electron chi connectivity index (χ0n) is 20.2. The summed E-state index contributed by atoms with van der Waals surface area (Å²) in [6.07, 6.45) is 3.69. The molecule has 2 aromatic rings. The second kappa shape index (κ2) is 11.6. The molecule has 9 nitrogen and oxygen atoms in total. The lowest BCUT2D eigenvalue weighted by Gasteiger charge is -2.32. The van der Waals surface area contributed by atoms with Crippen LogP contribution in [0.15, 0.2) is 30.3 Å². The topological polar surface area (TPSA) is 100 Å². The molecule has 1 aliphatic rings. The van der Waals surface area contributed by atoms with Crippen LogP contribution < -0.4 is 18.9 Å². The number of methoxy groups -OCH3 is 3. The molecule has 34 heavy (non-hydrogen) atoms. The molecule has 1 heterocycles. The Bertz CT molecular complexity index is 999. The summed E-state index contributed by atoms with van der Waals surface area (Å²) >= 11 is 0. The summed E-state index contributed by atoms with van der Waals surface area (Å²) in [6.45, 7) is 3.70. The van der Waals surface area contributed by atoms with Gasteiger partial charge in [-0.3, -0.25) is 14.9 Å². The summed E-state index contributed by atoms with van der Waals surface area (Å²) in [5, 5.41) is 11.8. The van der Waals surface area contributed by atoms with Gasteiger partial charge in [-0.15, -0.1) is 0 Å². The fourth-order valence-electron chi connectivity index (χ4n) is 4.37. The number of amides is 1. The van der Waals surface area contributed by atoms with Crippen LogP contribution in [0.25, 0.3) is 0 Å². The van der Waals surface area contributed by atoms with Crippen LogP contribution in [0.5, 0.6) is 23.0 Å². The molecule has 0 atom stereocenters. The van der Waals surface area contributed by atoms with E-state index in [9.17, 15) is 14.9 Å². The predicted octanol–water partition coefficient (Wildman–Crippen LogP) is 4.50. The fraction of sp³-hybridized carbons (Fsp3) is 0.480. The third-order valence-corrected chi connectivity index (χ3v) is 6.19. The summed E-state index contributed by atoms with van der Waals surface area (Å²) < 4.78 is 21.3. The van der Waals surface area contributed by atoms with Gasteiger partial charge in [-0.05, 0) is 56.2 Å². The van der Waals surface area contributed by atoms with Crippen molar-refractivity contribution >= 4 is 11.6 Å².